The molecule has 0 saturated carbocycles. The fourth-order valence-electron chi connectivity index (χ4n) is 2.66. The Morgan fingerprint density at radius 3 is 2.77 bits per heavy atom. The summed E-state index contributed by atoms with van der Waals surface area (Å²) in [6.45, 7) is 10.0. The maximum absolute atomic E-state index is 9.88. The molecule has 0 radical (unpaired) electrons. The zero-order chi connectivity index (χ0) is 15.9. The Kier molecular flexibility index (Phi) is 6.06. The molecule has 2 rings (SSSR count). The van der Waals surface area contributed by atoms with Crippen LogP contribution in [0.25, 0.3) is 0 Å². The highest BCUT2D eigenvalue weighted by Crippen LogP contribution is 2.21. The number of rotatable bonds is 4. The van der Waals surface area contributed by atoms with Crippen molar-refractivity contribution in [3.63, 3.8) is 0 Å². The van der Waals surface area contributed by atoms with Crippen molar-refractivity contribution < 1.29 is 9.84 Å². The Bertz CT molecular complexity index is 541. The lowest BCUT2D eigenvalue weighted by Gasteiger charge is -2.38. The van der Waals surface area contributed by atoms with E-state index in [2.05, 4.69) is 37.2 Å². The molecule has 3 unspecified atom stereocenters. The van der Waals surface area contributed by atoms with Crippen molar-refractivity contribution in [3.05, 3.63) is 42.5 Å². The fourth-order valence-corrected chi connectivity index (χ4v) is 2.66. The number of hydrogen-bond acceptors (Lipinski definition) is 3. The Morgan fingerprint density at radius 2 is 2.09 bits per heavy atom. The van der Waals surface area contributed by atoms with Gasteiger partial charge in [-0.2, -0.15) is 0 Å². The van der Waals surface area contributed by atoms with E-state index in [1.54, 1.807) is 6.08 Å². The molecule has 1 N–H and O–H groups in total. The third-order valence-corrected chi connectivity index (χ3v) is 4.12. The summed E-state index contributed by atoms with van der Waals surface area (Å²) in [5.74, 6) is 7.58. The highest BCUT2D eigenvalue weighted by atomic mass is 16.5. The van der Waals surface area contributed by atoms with Crippen molar-refractivity contribution in [1.82, 2.24) is 4.90 Å². The topological polar surface area (TPSA) is 32.7 Å². The first kappa shape index (κ1) is 16.6. The van der Waals surface area contributed by atoms with Crippen molar-refractivity contribution in [2.45, 2.75) is 32.4 Å². The van der Waals surface area contributed by atoms with Crippen LogP contribution in [0.3, 0.4) is 0 Å². The van der Waals surface area contributed by atoms with Gasteiger partial charge in [-0.3, -0.25) is 4.90 Å². The zero-order valence-electron chi connectivity index (χ0n) is 13.5. The smallest absolute Gasteiger partial charge is 0.119 e. The number of likely N-dealkylation sites (tertiary alicyclic amines) is 1. The molecule has 1 saturated heterocycles. The summed E-state index contributed by atoms with van der Waals surface area (Å²) in [5, 5.41) is 9.88. The molecule has 3 heteroatoms. The number of nitrogens with zero attached hydrogens (tertiary/aromatic N) is 1. The lowest BCUT2D eigenvalue weighted by molar-refractivity contribution is 0.0118. The highest BCUT2D eigenvalue weighted by Gasteiger charge is 2.28. The van der Waals surface area contributed by atoms with Gasteiger partial charge >= 0.3 is 0 Å². The van der Waals surface area contributed by atoms with Gasteiger partial charge in [0.05, 0.1) is 12.6 Å². The van der Waals surface area contributed by atoms with E-state index in [9.17, 15) is 5.11 Å². The molecule has 0 bridgehead atoms. The Labute approximate surface area is 133 Å². The molecule has 1 aliphatic heterocycles. The molecule has 1 aromatic rings. The van der Waals surface area contributed by atoms with Crippen LogP contribution in [0.1, 0.15) is 25.8 Å². The molecule has 0 amide bonds. The normalized spacial score (nSPS) is 25.1. The summed E-state index contributed by atoms with van der Waals surface area (Å²) in [4.78, 5) is 2.34. The maximum atomic E-state index is 9.88. The molecule has 118 valence electrons. The summed E-state index contributed by atoms with van der Waals surface area (Å²) >= 11 is 0. The number of ether oxygens (including phenoxy) is 1. The van der Waals surface area contributed by atoms with Gasteiger partial charge in [-0.25, -0.2) is 0 Å². The molecule has 0 aromatic heterocycles. The van der Waals surface area contributed by atoms with E-state index in [0.29, 0.717) is 18.6 Å². The van der Waals surface area contributed by atoms with Crippen molar-refractivity contribution >= 4 is 0 Å². The van der Waals surface area contributed by atoms with Crippen LogP contribution in [0.5, 0.6) is 5.75 Å². The summed E-state index contributed by atoms with van der Waals surface area (Å²) < 4.78 is 5.45. The van der Waals surface area contributed by atoms with E-state index in [1.165, 1.54) is 0 Å². The third-order valence-electron chi connectivity index (χ3n) is 4.12. The predicted molar refractivity (Wildman–Crippen MR) is 89.8 cm³/mol. The largest absolute Gasteiger partial charge is 0.490 e. The second kappa shape index (κ2) is 8.03. The molecule has 1 aliphatic rings. The Balaban J connectivity index is 1.89. The van der Waals surface area contributed by atoms with Crippen LogP contribution < -0.4 is 4.74 Å². The average Bonchev–Trinajstić information content (AvgIpc) is 2.51. The number of aliphatic hydroxyl groups is 1. The van der Waals surface area contributed by atoms with E-state index < -0.39 is 0 Å². The van der Waals surface area contributed by atoms with Crippen molar-refractivity contribution in [3.8, 4) is 17.6 Å². The van der Waals surface area contributed by atoms with Crippen molar-refractivity contribution in [1.29, 1.82) is 0 Å². The van der Waals surface area contributed by atoms with E-state index in [0.717, 1.165) is 30.8 Å². The van der Waals surface area contributed by atoms with Crippen LogP contribution in [0.2, 0.25) is 0 Å². The Morgan fingerprint density at radius 1 is 1.36 bits per heavy atom. The molecule has 1 fully saturated rings. The van der Waals surface area contributed by atoms with Crippen LogP contribution in [-0.4, -0.2) is 41.8 Å². The van der Waals surface area contributed by atoms with Gasteiger partial charge in [0, 0.05) is 18.2 Å². The van der Waals surface area contributed by atoms with Crippen LogP contribution >= 0.6 is 0 Å². The summed E-state index contributed by atoms with van der Waals surface area (Å²) in [7, 11) is 0. The van der Waals surface area contributed by atoms with Gasteiger partial charge in [-0.05, 0) is 43.5 Å². The third kappa shape index (κ3) is 4.62. The minimum absolute atomic E-state index is 0.178. The van der Waals surface area contributed by atoms with Gasteiger partial charge in [0.2, 0.25) is 0 Å². The molecule has 22 heavy (non-hydrogen) atoms. The van der Waals surface area contributed by atoms with Gasteiger partial charge in [0.25, 0.3) is 0 Å². The standard InChI is InChI=1S/C19H25NO2/c1-4-12-22-18-9-7-17(8-10-18)6-5-11-20-14-15(2)19(21)13-16(20)3/h4,7-10,15-16,19,21H,1,11-14H2,2-3H3. The molecule has 0 spiro atoms. The summed E-state index contributed by atoms with van der Waals surface area (Å²) in [6.07, 6.45) is 2.38. The van der Waals surface area contributed by atoms with Crippen molar-refractivity contribution in [2.75, 3.05) is 19.7 Å². The molecular weight excluding hydrogens is 274 g/mol. The van der Waals surface area contributed by atoms with Gasteiger partial charge < -0.3 is 9.84 Å². The summed E-state index contributed by atoms with van der Waals surface area (Å²) in [5.41, 5.74) is 0.990. The lowest BCUT2D eigenvalue weighted by Crippen LogP contribution is -2.47. The van der Waals surface area contributed by atoms with Crippen LogP contribution in [0, 0.1) is 17.8 Å². The number of piperidine rings is 1. The van der Waals surface area contributed by atoms with Gasteiger partial charge in [0.1, 0.15) is 12.4 Å². The van der Waals surface area contributed by atoms with E-state index in [4.69, 9.17) is 4.74 Å². The van der Waals surface area contributed by atoms with E-state index in [-0.39, 0.29) is 6.10 Å². The predicted octanol–water partition coefficient (Wildman–Crippen LogP) is 2.69. The number of aliphatic hydroxyl groups excluding tert-OH is 1. The molecular formula is C19H25NO2. The fraction of sp³-hybridized carbons (Fsp3) is 0.474. The lowest BCUT2D eigenvalue weighted by atomic mass is 9.92. The molecule has 3 nitrogen and oxygen atoms in total. The SMILES string of the molecule is C=CCOc1ccc(C#CCN2CC(C)C(O)CC2C)cc1. The first-order valence-electron chi connectivity index (χ1n) is 7.85. The molecule has 1 heterocycles. The zero-order valence-corrected chi connectivity index (χ0v) is 13.5. The second-order valence-electron chi connectivity index (χ2n) is 5.98. The first-order valence-corrected chi connectivity index (χ1v) is 7.85. The van der Waals surface area contributed by atoms with Crippen LogP contribution in [0.4, 0.5) is 0 Å². The van der Waals surface area contributed by atoms with Gasteiger partial charge in [-0.15, -0.1) is 0 Å². The van der Waals surface area contributed by atoms with Crippen LogP contribution in [0.15, 0.2) is 36.9 Å². The van der Waals surface area contributed by atoms with Gasteiger partial charge in [-0.1, -0.05) is 31.4 Å². The number of hydrogen-bond donors (Lipinski definition) is 1. The van der Waals surface area contributed by atoms with E-state index >= 15 is 0 Å². The monoisotopic (exact) mass is 299 g/mol. The van der Waals surface area contributed by atoms with Crippen LogP contribution in [-0.2, 0) is 0 Å². The molecule has 3 atom stereocenters. The second-order valence-corrected chi connectivity index (χ2v) is 5.98. The Hall–Kier alpha value is -1.76. The average molecular weight is 299 g/mol. The summed E-state index contributed by atoms with van der Waals surface area (Å²) in [6, 6.07) is 8.18. The first-order chi connectivity index (χ1) is 10.6. The number of benzene rings is 1. The van der Waals surface area contributed by atoms with Crippen molar-refractivity contribution in [2.24, 2.45) is 5.92 Å². The minimum Gasteiger partial charge on any atom is -0.490 e. The molecule has 0 aliphatic carbocycles. The minimum atomic E-state index is -0.178. The van der Waals surface area contributed by atoms with Gasteiger partial charge in [0.15, 0.2) is 0 Å². The molecule has 1 aromatic carbocycles. The quantitative estimate of drug-likeness (QED) is 0.685. The van der Waals surface area contributed by atoms with E-state index in [1.807, 2.05) is 24.3 Å². The maximum Gasteiger partial charge on any atom is 0.119 e. The highest BCUT2D eigenvalue weighted by molar-refractivity contribution is 5.38.